The summed E-state index contributed by atoms with van der Waals surface area (Å²) in [6.07, 6.45) is 11.8. The lowest BCUT2D eigenvalue weighted by atomic mass is 10.1. The van der Waals surface area contributed by atoms with Crippen LogP contribution in [0.5, 0.6) is 0 Å². The lowest BCUT2D eigenvalue weighted by Crippen LogP contribution is -2.18. The highest BCUT2D eigenvalue weighted by Crippen LogP contribution is 2.30. The van der Waals surface area contributed by atoms with Gasteiger partial charge in [-0.3, -0.25) is 0 Å². The molecule has 0 saturated heterocycles. The van der Waals surface area contributed by atoms with Gasteiger partial charge in [0.1, 0.15) is 0 Å². The van der Waals surface area contributed by atoms with E-state index in [9.17, 15) is 0 Å². The molecule has 0 aromatic heterocycles. The quantitative estimate of drug-likeness (QED) is 0.465. The SMILES string of the molecule is CCCCCC1=CC(CCC)=C([SiH2]c2cc(C)cc(C)c2)C1. The fourth-order valence-corrected chi connectivity index (χ4v) is 5.95. The number of rotatable bonds is 8. The van der Waals surface area contributed by atoms with Gasteiger partial charge in [-0.1, -0.05) is 90.0 Å². The summed E-state index contributed by atoms with van der Waals surface area (Å²) in [5.41, 5.74) is 6.26. The Kier molecular flexibility index (Phi) is 6.69. The number of hydrogen-bond acceptors (Lipinski definition) is 0. The number of aryl methyl sites for hydroxylation is 2. The van der Waals surface area contributed by atoms with Crippen molar-refractivity contribution in [3.63, 3.8) is 0 Å². The molecule has 0 unspecified atom stereocenters. The van der Waals surface area contributed by atoms with Crippen molar-refractivity contribution in [2.45, 2.75) is 72.6 Å². The third-order valence-electron chi connectivity index (χ3n) is 4.59. The molecule has 1 aromatic carbocycles. The zero-order valence-electron chi connectivity index (χ0n) is 15.0. The van der Waals surface area contributed by atoms with Gasteiger partial charge >= 0.3 is 0 Å². The molecule has 0 N–H and O–H groups in total. The van der Waals surface area contributed by atoms with E-state index in [0.29, 0.717) is 0 Å². The van der Waals surface area contributed by atoms with Crippen LogP contribution in [0.1, 0.15) is 69.9 Å². The normalized spacial score (nSPS) is 15.2. The van der Waals surface area contributed by atoms with E-state index in [1.54, 1.807) is 16.3 Å². The summed E-state index contributed by atoms with van der Waals surface area (Å²) in [7, 11) is -0.278. The molecule has 22 heavy (non-hydrogen) atoms. The summed E-state index contributed by atoms with van der Waals surface area (Å²) in [6, 6.07) is 7.14. The molecular formula is C21H32Si. The first-order valence-corrected chi connectivity index (χ1v) is 10.5. The van der Waals surface area contributed by atoms with E-state index in [0.717, 1.165) is 0 Å². The number of benzene rings is 1. The predicted molar refractivity (Wildman–Crippen MR) is 103 cm³/mol. The maximum Gasteiger partial charge on any atom is 0.0832 e. The Balaban J connectivity index is 2.06. The van der Waals surface area contributed by atoms with Gasteiger partial charge in [-0.15, -0.1) is 0 Å². The fourth-order valence-electron chi connectivity index (χ4n) is 3.66. The lowest BCUT2D eigenvalue weighted by Gasteiger charge is -2.09. The Morgan fingerprint density at radius 3 is 2.27 bits per heavy atom. The van der Waals surface area contributed by atoms with Crippen molar-refractivity contribution >= 4 is 14.7 Å². The summed E-state index contributed by atoms with van der Waals surface area (Å²) in [5.74, 6) is 0. The lowest BCUT2D eigenvalue weighted by molar-refractivity contribution is 0.708. The molecule has 1 aliphatic carbocycles. The van der Waals surface area contributed by atoms with Gasteiger partial charge < -0.3 is 0 Å². The van der Waals surface area contributed by atoms with Crippen LogP contribution in [0.4, 0.5) is 0 Å². The van der Waals surface area contributed by atoms with Crippen LogP contribution in [-0.2, 0) is 0 Å². The van der Waals surface area contributed by atoms with Crippen LogP contribution in [0, 0.1) is 13.8 Å². The van der Waals surface area contributed by atoms with Crippen molar-refractivity contribution in [2.24, 2.45) is 0 Å². The van der Waals surface area contributed by atoms with Crippen LogP contribution in [-0.4, -0.2) is 9.52 Å². The van der Waals surface area contributed by atoms with E-state index in [2.05, 4.69) is 52.0 Å². The van der Waals surface area contributed by atoms with Gasteiger partial charge in [0.05, 0.1) is 9.52 Å². The van der Waals surface area contributed by atoms with Crippen LogP contribution in [0.15, 0.2) is 40.6 Å². The Hall–Kier alpha value is -1.08. The highest BCUT2D eigenvalue weighted by atomic mass is 28.2. The Labute approximate surface area is 139 Å². The molecule has 0 heterocycles. The average Bonchev–Trinajstić information content (AvgIpc) is 2.80. The Morgan fingerprint density at radius 2 is 1.64 bits per heavy atom. The molecule has 0 radical (unpaired) electrons. The molecule has 0 atom stereocenters. The highest BCUT2D eigenvalue weighted by molar-refractivity contribution is 6.61. The standard InChI is InChI=1S/C21H32Si/c1-5-7-8-10-18-14-19(9-6-2)21(15-18)22-20-12-16(3)11-17(4)13-20/h11-14H,5-10,15,22H2,1-4H3. The number of hydrogen-bond donors (Lipinski definition) is 0. The van der Waals surface area contributed by atoms with Crippen molar-refractivity contribution in [1.82, 2.24) is 0 Å². The molecule has 0 nitrogen and oxygen atoms in total. The summed E-state index contributed by atoms with van der Waals surface area (Å²) >= 11 is 0. The predicted octanol–water partition coefficient (Wildman–Crippen LogP) is 5.06. The zero-order valence-corrected chi connectivity index (χ0v) is 16.4. The van der Waals surface area contributed by atoms with E-state index in [-0.39, 0.29) is 9.52 Å². The van der Waals surface area contributed by atoms with Gasteiger partial charge in [0, 0.05) is 0 Å². The number of unbranched alkanes of at least 4 members (excludes halogenated alkanes) is 2. The van der Waals surface area contributed by atoms with Crippen molar-refractivity contribution in [3.05, 3.63) is 51.7 Å². The third-order valence-corrected chi connectivity index (χ3v) is 6.54. The second-order valence-electron chi connectivity index (χ2n) is 6.99. The minimum absolute atomic E-state index is 0.278. The Morgan fingerprint density at radius 1 is 0.909 bits per heavy atom. The van der Waals surface area contributed by atoms with Crippen molar-refractivity contribution in [3.8, 4) is 0 Å². The van der Waals surface area contributed by atoms with E-state index in [4.69, 9.17) is 0 Å². The smallest absolute Gasteiger partial charge is 0.0755 e. The molecule has 0 spiro atoms. The van der Waals surface area contributed by atoms with Crippen LogP contribution >= 0.6 is 0 Å². The maximum absolute atomic E-state index is 2.56. The van der Waals surface area contributed by atoms with Crippen LogP contribution in [0.2, 0.25) is 0 Å². The molecule has 0 bridgehead atoms. The number of allylic oxidation sites excluding steroid dienone is 4. The molecule has 0 fully saturated rings. The highest BCUT2D eigenvalue weighted by Gasteiger charge is 2.16. The fraction of sp³-hybridized carbons (Fsp3) is 0.524. The van der Waals surface area contributed by atoms with Crippen molar-refractivity contribution in [1.29, 1.82) is 0 Å². The van der Waals surface area contributed by atoms with Crippen LogP contribution < -0.4 is 5.19 Å². The minimum atomic E-state index is -0.278. The minimum Gasteiger partial charge on any atom is -0.0755 e. The monoisotopic (exact) mass is 312 g/mol. The topological polar surface area (TPSA) is 0 Å². The largest absolute Gasteiger partial charge is 0.0832 e. The van der Waals surface area contributed by atoms with Gasteiger partial charge in [-0.25, -0.2) is 0 Å². The summed E-state index contributed by atoms with van der Waals surface area (Å²) in [4.78, 5) is 0. The first-order chi connectivity index (χ1) is 10.6. The first kappa shape index (κ1) is 17.3. The summed E-state index contributed by atoms with van der Waals surface area (Å²) in [5, 5.41) is 3.45. The molecule has 0 amide bonds. The second kappa shape index (κ2) is 8.52. The van der Waals surface area contributed by atoms with Gasteiger partial charge in [0.2, 0.25) is 0 Å². The molecule has 2 rings (SSSR count). The first-order valence-electron chi connectivity index (χ1n) is 9.09. The summed E-state index contributed by atoms with van der Waals surface area (Å²) < 4.78 is 0. The van der Waals surface area contributed by atoms with Gasteiger partial charge in [-0.2, -0.15) is 0 Å². The van der Waals surface area contributed by atoms with E-state index >= 15 is 0 Å². The molecule has 0 aliphatic heterocycles. The maximum atomic E-state index is 2.56. The summed E-state index contributed by atoms with van der Waals surface area (Å²) in [6.45, 7) is 9.07. The third kappa shape index (κ3) is 4.98. The van der Waals surface area contributed by atoms with E-state index < -0.39 is 0 Å². The second-order valence-corrected chi connectivity index (χ2v) is 9.01. The van der Waals surface area contributed by atoms with Gasteiger partial charge in [0.25, 0.3) is 0 Å². The average molecular weight is 313 g/mol. The zero-order chi connectivity index (χ0) is 15.9. The van der Waals surface area contributed by atoms with Gasteiger partial charge in [-0.05, 0) is 39.5 Å². The Bertz CT molecular complexity index is 543. The molecule has 0 saturated carbocycles. The van der Waals surface area contributed by atoms with Crippen LogP contribution in [0.25, 0.3) is 0 Å². The van der Waals surface area contributed by atoms with Crippen molar-refractivity contribution in [2.75, 3.05) is 0 Å². The molecule has 120 valence electrons. The van der Waals surface area contributed by atoms with Crippen LogP contribution in [0.3, 0.4) is 0 Å². The molecule has 1 heteroatoms. The molecular weight excluding hydrogens is 280 g/mol. The van der Waals surface area contributed by atoms with Gasteiger partial charge in [0.15, 0.2) is 0 Å². The van der Waals surface area contributed by atoms with E-state index in [1.807, 2.05) is 5.20 Å². The molecule has 1 aromatic rings. The van der Waals surface area contributed by atoms with Crippen molar-refractivity contribution < 1.29 is 0 Å². The molecule has 1 aliphatic rings. The van der Waals surface area contributed by atoms with E-state index in [1.165, 1.54) is 56.1 Å².